The number of ether oxygens (including phenoxy) is 1. The largest absolute Gasteiger partial charge is 0.490 e. The molecule has 19 heteroatoms. The van der Waals surface area contributed by atoms with Crippen LogP contribution in [0.25, 0.3) is 0 Å². The molecule has 16 nitrogen and oxygen atoms in total. The second-order valence-corrected chi connectivity index (χ2v) is 9.78. The molecule has 1 saturated heterocycles. The second kappa shape index (κ2) is 8.40. The molecule has 1 fully saturated rings. The van der Waals surface area contributed by atoms with Crippen molar-refractivity contribution in [3.05, 3.63) is 22.7 Å². The van der Waals surface area contributed by atoms with Gasteiger partial charge >= 0.3 is 29.2 Å². The number of rotatable bonds is 8. The Balaban J connectivity index is 1.98. The summed E-state index contributed by atoms with van der Waals surface area (Å²) in [5, 5.41) is 9.94. The maximum absolute atomic E-state index is 11.8. The third kappa shape index (κ3) is 6.81. The molecule has 0 bridgehead atoms. The highest BCUT2D eigenvalue weighted by atomic mass is 31.3. The molecule has 2 rings (SSSR count). The topological polar surface area (TPSA) is 250 Å². The average molecular weight is 479 g/mol. The van der Waals surface area contributed by atoms with E-state index in [2.05, 4.69) is 18.1 Å². The molecule has 2 heterocycles. The van der Waals surface area contributed by atoms with E-state index < -0.39 is 54.2 Å². The molecular weight excluding hydrogens is 463 g/mol. The van der Waals surface area contributed by atoms with E-state index in [1.54, 1.807) is 0 Å². The Bertz CT molecular complexity index is 914. The number of anilines is 1. The number of phosphoric acid groups is 3. The van der Waals surface area contributed by atoms with Crippen molar-refractivity contribution in [1.82, 2.24) is 9.55 Å². The van der Waals surface area contributed by atoms with Gasteiger partial charge in [-0.05, 0) is 6.07 Å². The molecular formula is C9H16N3O13P3. The summed E-state index contributed by atoms with van der Waals surface area (Å²) in [4.78, 5) is 50.5. The van der Waals surface area contributed by atoms with Crippen LogP contribution in [0.4, 0.5) is 5.82 Å². The molecule has 160 valence electrons. The Labute approximate surface area is 155 Å². The lowest BCUT2D eigenvalue weighted by Crippen LogP contribution is -2.28. The van der Waals surface area contributed by atoms with Crippen LogP contribution in [0.2, 0.25) is 0 Å². The van der Waals surface area contributed by atoms with Gasteiger partial charge in [-0.2, -0.15) is 13.6 Å². The number of aromatic nitrogens is 2. The van der Waals surface area contributed by atoms with E-state index in [-0.39, 0.29) is 12.2 Å². The summed E-state index contributed by atoms with van der Waals surface area (Å²) < 4.78 is 51.2. The second-order valence-electron chi connectivity index (χ2n) is 5.36. The quantitative estimate of drug-likeness (QED) is 0.146. The number of nitrogens with two attached hydrogens (primary N) is 1. The highest BCUT2D eigenvalue weighted by Gasteiger charge is 2.42. The molecule has 0 spiro atoms. The molecule has 1 aromatic rings. The smallest absolute Gasteiger partial charge is 0.390 e. The molecule has 0 aliphatic carbocycles. The maximum Gasteiger partial charge on any atom is 0.490 e. The summed E-state index contributed by atoms with van der Waals surface area (Å²) in [6.07, 6.45) is -2.42. The number of phosphoric ester groups is 1. The third-order valence-corrected chi connectivity index (χ3v) is 6.99. The fraction of sp³-hybridized carbons (Fsp3) is 0.556. The number of aliphatic hydroxyl groups excluding tert-OH is 1. The number of nitrogen functional groups attached to an aromatic ring is 1. The Hall–Kier alpha value is -0.990. The average Bonchev–Trinajstić information content (AvgIpc) is 2.82. The fourth-order valence-electron chi connectivity index (χ4n) is 2.15. The molecule has 0 radical (unpaired) electrons. The monoisotopic (exact) mass is 479 g/mol. The van der Waals surface area contributed by atoms with E-state index in [0.29, 0.717) is 0 Å². The minimum Gasteiger partial charge on any atom is -0.390 e. The van der Waals surface area contributed by atoms with Crippen LogP contribution < -0.4 is 11.4 Å². The SMILES string of the molecule is [15NH2][13c]1[13cH][13cH][15n]([13C@H]2[13CH2][13C@H](O)[13C@@H]([13CH2]OP(=O)(O)OP(=O)(O)OP(=O)(O)O)O2)[13c](=O)[15n]1. The minimum absolute atomic E-state index is 0.0380. The van der Waals surface area contributed by atoms with Crippen molar-refractivity contribution in [3.8, 4) is 0 Å². The van der Waals surface area contributed by atoms with Gasteiger partial charge in [0.25, 0.3) is 0 Å². The lowest BCUT2D eigenvalue weighted by atomic mass is 11.1. The zero-order chi connectivity index (χ0) is 21.3. The van der Waals surface area contributed by atoms with Crippen LogP contribution in [-0.4, -0.2) is 53.0 Å². The van der Waals surface area contributed by atoms with Crippen LogP contribution in [0.1, 0.15) is 12.6 Å². The lowest BCUT2D eigenvalue weighted by molar-refractivity contribution is -0.0449. The van der Waals surface area contributed by atoms with Crippen LogP contribution in [0.3, 0.4) is 0 Å². The fourth-order valence-corrected chi connectivity index (χ4v) is 5.18. The molecule has 0 amide bonds. The normalized spacial score (nSPS) is 27.2. The van der Waals surface area contributed by atoms with Gasteiger partial charge in [0.1, 0.15) is 18.1 Å². The number of nitrogens with zero attached hydrogens (tertiary/aromatic N) is 2. The van der Waals surface area contributed by atoms with Crippen molar-refractivity contribution in [2.45, 2.75) is 24.9 Å². The summed E-state index contributed by atoms with van der Waals surface area (Å²) in [6, 6.07) is 1.30. The highest BCUT2D eigenvalue weighted by Crippen LogP contribution is 2.66. The van der Waals surface area contributed by atoms with Crippen molar-refractivity contribution in [3.63, 3.8) is 0 Å². The van der Waals surface area contributed by atoms with Crippen LogP contribution in [0, 0.1) is 0 Å². The Kier molecular flexibility index (Phi) is 6.99. The van der Waals surface area contributed by atoms with E-state index >= 15 is 0 Å². The van der Waals surface area contributed by atoms with Gasteiger partial charge in [-0.1, -0.05) is 0 Å². The third-order valence-electron chi connectivity index (χ3n) is 3.18. The lowest BCUT2D eigenvalue weighted by Gasteiger charge is -2.19. The minimum atomic E-state index is -5.65. The summed E-state index contributed by atoms with van der Waals surface area (Å²) in [5.41, 5.74) is 4.58. The molecule has 1 aliphatic rings. The molecule has 2 unspecified atom stereocenters. The predicted molar refractivity (Wildman–Crippen MR) is 87.3 cm³/mol. The van der Waals surface area contributed by atoms with E-state index in [0.717, 1.165) is 4.57 Å². The predicted octanol–water partition coefficient (Wildman–Crippen LogP) is -1.18. The molecule has 7 N–H and O–H groups in total. The number of hydrogen-bond donors (Lipinski definition) is 6. The first-order valence-corrected chi connectivity index (χ1v) is 11.7. The summed E-state index contributed by atoms with van der Waals surface area (Å²) in [7, 11) is -16.5. The zero-order valence-electron chi connectivity index (χ0n) is 13.6. The highest BCUT2D eigenvalue weighted by molar-refractivity contribution is 7.66. The van der Waals surface area contributed by atoms with E-state index in [1.165, 1.54) is 12.3 Å². The Morgan fingerprint density at radius 2 is 1.86 bits per heavy atom. The number of hydrogen-bond acceptors (Lipinski definition) is 11. The van der Waals surface area contributed by atoms with Gasteiger partial charge in [0.05, 0.1) is 12.7 Å². The van der Waals surface area contributed by atoms with Crippen LogP contribution in [-0.2, 0) is 31.6 Å². The van der Waals surface area contributed by atoms with Gasteiger partial charge in [0.15, 0.2) is 0 Å². The maximum atomic E-state index is 11.8. The summed E-state index contributed by atoms with van der Waals surface area (Å²) >= 11 is 0. The van der Waals surface area contributed by atoms with E-state index in [9.17, 15) is 28.5 Å². The van der Waals surface area contributed by atoms with Gasteiger partial charge in [-0.3, -0.25) is 9.09 Å². The van der Waals surface area contributed by atoms with Gasteiger partial charge in [-0.25, -0.2) is 18.5 Å². The van der Waals surface area contributed by atoms with Crippen molar-refractivity contribution >= 4 is 29.3 Å². The zero-order valence-corrected chi connectivity index (χ0v) is 16.3. The van der Waals surface area contributed by atoms with E-state index in [1.807, 2.05) is 0 Å². The Morgan fingerprint density at radius 3 is 2.43 bits per heavy atom. The van der Waals surface area contributed by atoms with Crippen molar-refractivity contribution in [2.75, 3.05) is 12.3 Å². The van der Waals surface area contributed by atoms with Crippen LogP contribution >= 0.6 is 23.5 Å². The first kappa shape index (κ1) is 23.3. The molecule has 0 aromatic carbocycles. The molecule has 1 aliphatic heterocycles. The van der Waals surface area contributed by atoms with Gasteiger partial charge in [0.2, 0.25) is 0 Å². The summed E-state index contributed by atoms with van der Waals surface area (Å²) in [5.74, 6) is -0.0380. The van der Waals surface area contributed by atoms with Gasteiger partial charge in [0, 0.05) is 12.6 Å². The first-order valence-electron chi connectivity index (χ1n) is 7.14. The summed E-state index contributed by atoms with van der Waals surface area (Å²) in [6.45, 7) is -0.849. The van der Waals surface area contributed by atoms with E-state index in [4.69, 9.17) is 25.2 Å². The van der Waals surface area contributed by atoms with Crippen LogP contribution in [0.15, 0.2) is 17.1 Å². The van der Waals surface area contributed by atoms with Gasteiger partial charge < -0.3 is 35.2 Å². The first-order chi connectivity index (χ1) is 12.7. The van der Waals surface area contributed by atoms with Crippen molar-refractivity contribution in [2.24, 2.45) is 0 Å². The number of aliphatic hydroxyl groups is 1. The molecule has 1 aromatic heterocycles. The molecule has 0 saturated carbocycles. The van der Waals surface area contributed by atoms with Crippen molar-refractivity contribution in [1.29, 1.82) is 0 Å². The standard InChI is InChI=1S/C9H16N3O13P3/c10-7-1-2-12(9(14)11-7)8-3-5(13)6(23-8)4-22-27(18,19)25-28(20,21)24-26(15,16)17/h1-2,5-6,8,13H,3-4H2,(H,18,19)(H,20,21)(H2,10,11,14)(H2,15,16,17)/t5-,6+,8+/m0/s1/i1+1,2+1,3+1,4+1,5+1,6+1,7+1,8+1,9+1,10+1,11+1,12+1. The van der Waals surface area contributed by atoms with Crippen LogP contribution in [0.5, 0.6) is 0 Å². The molecule has 5 atom stereocenters. The van der Waals surface area contributed by atoms with Crippen molar-refractivity contribution < 1.29 is 56.3 Å². The molecule has 28 heavy (non-hydrogen) atoms. The Morgan fingerprint density at radius 1 is 1.21 bits per heavy atom. The van der Waals surface area contributed by atoms with Gasteiger partial charge in [-0.15, -0.1) is 0 Å².